The third-order valence-corrected chi connectivity index (χ3v) is 2.22. The van der Waals surface area contributed by atoms with Crippen molar-refractivity contribution in [3.05, 3.63) is 24.3 Å². The van der Waals surface area contributed by atoms with Crippen LogP contribution in [0.2, 0.25) is 0 Å². The fraction of sp³-hybridized carbons (Fsp3) is 0.462. The van der Waals surface area contributed by atoms with Gasteiger partial charge >= 0.3 is 6.03 Å². The zero-order chi connectivity index (χ0) is 13.9. The quantitative estimate of drug-likeness (QED) is 0.617. The minimum Gasteiger partial charge on any atom is -0.491 e. The molecular formula is C13H21N3O3. The molecule has 0 spiro atoms. The SMILES string of the molecule is CCOCCOc1cccc(NC(=O)NCCN)c1. The van der Waals surface area contributed by atoms with Gasteiger partial charge in [0.15, 0.2) is 0 Å². The van der Waals surface area contributed by atoms with Crippen molar-refractivity contribution in [2.24, 2.45) is 5.73 Å². The number of hydrogen-bond donors (Lipinski definition) is 3. The number of nitrogens with one attached hydrogen (secondary N) is 2. The number of urea groups is 1. The van der Waals surface area contributed by atoms with Crippen molar-refractivity contribution in [1.29, 1.82) is 0 Å². The standard InChI is InChI=1S/C13H21N3O3/c1-2-18-8-9-19-12-5-3-4-11(10-12)16-13(17)15-7-6-14/h3-5,10H,2,6-9,14H2,1H3,(H2,15,16,17). The van der Waals surface area contributed by atoms with Gasteiger partial charge in [0.25, 0.3) is 0 Å². The van der Waals surface area contributed by atoms with Crippen molar-refractivity contribution in [2.45, 2.75) is 6.92 Å². The average molecular weight is 267 g/mol. The van der Waals surface area contributed by atoms with Gasteiger partial charge in [-0.2, -0.15) is 0 Å². The summed E-state index contributed by atoms with van der Waals surface area (Å²) >= 11 is 0. The molecule has 1 rings (SSSR count). The molecule has 0 heterocycles. The van der Waals surface area contributed by atoms with E-state index in [-0.39, 0.29) is 6.03 Å². The Balaban J connectivity index is 2.40. The number of carbonyl (C=O) groups excluding carboxylic acids is 1. The van der Waals surface area contributed by atoms with Crippen LogP contribution in [0.25, 0.3) is 0 Å². The number of benzene rings is 1. The number of rotatable bonds is 8. The Morgan fingerprint density at radius 3 is 2.95 bits per heavy atom. The Kier molecular flexibility index (Phi) is 7.38. The summed E-state index contributed by atoms with van der Waals surface area (Å²) in [6, 6.07) is 6.91. The molecule has 0 fully saturated rings. The molecule has 0 saturated carbocycles. The highest BCUT2D eigenvalue weighted by atomic mass is 16.5. The fourth-order valence-corrected chi connectivity index (χ4v) is 1.39. The molecular weight excluding hydrogens is 246 g/mol. The predicted molar refractivity (Wildman–Crippen MR) is 74.5 cm³/mol. The van der Waals surface area contributed by atoms with Crippen LogP contribution in [0.5, 0.6) is 5.75 Å². The average Bonchev–Trinajstić information content (AvgIpc) is 2.42. The normalized spacial score (nSPS) is 10.0. The van der Waals surface area contributed by atoms with Gasteiger partial charge in [0.1, 0.15) is 12.4 Å². The smallest absolute Gasteiger partial charge is 0.319 e. The molecule has 6 nitrogen and oxygen atoms in total. The summed E-state index contributed by atoms with van der Waals surface area (Å²) in [6.07, 6.45) is 0. The van der Waals surface area contributed by atoms with E-state index >= 15 is 0 Å². The largest absolute Gasteiger partial charge is 0.491 e. The Hall–Kier alpha value is -1.79. The molecule has 0 bridgehead atoms. The highest BCUT2D eigenvalue weighted by molar-refractivity contribution is 5.89. The maximum absolute atomic E-state index is 11.4. The van der Waals surface area contributed by atoms with E-state index in [9.17, 15) is 4.79 Å². The van der Waals surface area contributed by atoms with Gasteiger partial charge in [-0.1, -0.05) is 6.07 Å². The van der Waals surface area contributed by atoms with Crippen LogP contribution in [-0.2, 0) is 4.74 Å². The number of hydrogen-bond acceptors (Lipinski definition) is 4. The first-order valence-corrected chi connectivity index (χ1v) is 6.31. The van der Waals surface area contributed by atoms with Crippen LogP contribution >= 0.6 is 0 Å². The van der Waals surface area contributed by atoms with E-state index < -0.39 is 0 Å². The van der Waals surface area contributed by atoms with Gasteiger partial charge < -0.3 is 25.8 Å². The van der Waals surface area contributed by atoms with Crippen LogP contribution in [0.1, 0.15) is 6.92 Å². The number of carbonyl (C=O) groups is 1. The minimum atomic E-state index is -0.281. The van der Waals surface area contributed by atoms with Crippen LogP contribution in [0.3, 0.4) is 0 Å². The van der Waals surface area contributed by atoms with Gasteiger partial charge in [-0.3, -0.25) is 0 Å². The molecule has 4 N–H and O–H groups in total. The second-order valence-corrected chi connectivity index (χ2v) is 3.74. The molecule has 0 unspecified atom stereocenters. The molecule has 106 valence electrons. The zero-order valence-electron chi connectivity index (χ0n) is 11.1. The molecule has 0 aromatic heterocycles. The number of anilines is 1. The van der Waals surface area contributed by atoms with E-state index in [2.05, 4.69) is 10.6 Å². The lowest BCUT2D eigenvalue weighted by atomic mass is 10.3. The van der Waals surface area contributed by atoms with E-state index in [1.165, 1.54) is 0 Å². The van der Waals surface area contributed by atoms with Crippen LogP contribution in [0.15, 0.2) is 24.3 Å². The summed E-state index contributed by atoms with van der Waals surface area (Å²) in [7, 11) is 0. The van der Waals surface area contributed by atoms with Gasteiger partial charge in [-0.15, -0.1) is 0 Å². The maximum atomic E-state index is 11.4. The Bertz CT molecular complexity index is 385. The highest BCUT2D eigenvalue weighted by Crippen LogP contribution is 2.17. The first-order valence-electron chi connectivity index (χ1n) is 6.31. The van der Waals surface area contributed by atoms with Gasteiger partial charge in [0.05, 0.1) is 6.61 Å². The van der Waals surface area contributed by atoms with E-state index in [0.29, 0.717) is 44.3 Å². The van der Waals surface area contributed by atoms with Crippen LogP contribution in [-0.4, -0.2) is 38.9 Å². The highest BCUT2D eigenvalue weighted by Gasteiger charge is 2.01. The van der Waals surface area contributed by atoms with Crippen LogP contribution in [0, 0.1) is 0 Å². The van der Waals surface area contributed by atoms with E-state index in [1.807, 2.05) is 19.1 Å². The minimum absolute atomic E-state index is 0.281. The second kappa shape index (κ2) is 9.18. The molecule has 0 atom stereocenters. The van der Waals surface area contributed by atoms with Crippen LogP contribution in [0.4, 0.5) is 10.5 Å². The molecule has 0 aliphatic rings. The summed E-state index contributed by atoms with van der Waals surface area (Å²) in [5.74, 6) is 0.691. The molecule has 1 aromatic rings. The van der Waals surface area contributed by atoms with Crippen molar-refractivity contribution in [3.63, 3.8) is 0 Å². The topological polar surface area (TPSA) is 85.6 Å². The third-order valence-electron chi connectivity index (χ3n) is 2.22. The van der Waals surface area contributed by atoms with E-state index in [1.54, 1.807) is 12.1 Å². The lowest BCUT2D eigenvalue weighted by molar-refractivity contribution is 0.110. The molecule has 19 heavy (non-hydrogen) atoms. The van der Waals surface area contributed by atoms with Crippen molar-refractivity contribution in [1.82, 2.24) is 5.32 Å². The van der Waals surface area contributed by atoms with Crippen LogP contribution < -0.4 is 21.1 Å². The maximum Gasteiger partial charge on any atom is 0.319 e. The van der Waals surface area contributed by atoms with Gasteiger partial charge in [0.2, 0.25) is 0 Å². The Labute approximate surface area is 113 Å². The molecule has 0 saturated heterocycles. The lowest BCUT2D eigenvalue weighted by Gasteiger charge is -2.09. The zero-order valence-corrected chi connectivity index (χ0v) is 11.1. The molecule has 1 aromatic carbocycles. The predicted octanol–water partition coefficient (Wildman–Crippen LogP) is 1.18. The molecule has 6 heteroatoms. The first-order chi connectivity index (χ1) is 9.26. The molecule has 2 amide bonds. The first kappa shape index (κ1) is 15.3. The number of nitrogens with two attached hydrogens (primary N) is 1. The van der Waals surface area contributed by atoms with Crippen molar-refractivity contribution in [3.8, 4) is 5.75 Å². The van der Waals surface area contributed by atoms with E-state index in [0.717, 1.165) is 0 Å². The van der Waals surface area contributed by atoms with Gasteiger partial charge in [0, 0.05) is 31.5 Å². The lowest BCUT2D eigenvalue weighted by Crippen LogP contribution is -2.32. The van der Waals surface area contributed by atoms with Gasteiger partial charge in [-0.05, 0) is 19.1 Å². The Morgan fingerprint density at radius 2 is 2.21 bits per heavy atom. The van der Waals surface area contributed by atoms with Gasteiger partial charge in [-0.25, -0.2) is 4.79 Å². The van der Waals surface area contributed by atoms with Crippen molar-refractivity contribution < 1.29 is 14.3 Å². The number of ether oxygens (including phenoxy) is 2. The summed E-state index contributed by atoms with van der Waals surface area (Å²) < 4.78 is 10.7. The number of amides is 2. The summed E-state index contributed by atoms with van der Waals surface area (Å²) in [5, 5.41) is 5.33. The molecule has 0 radical (unpaired) electrons. The monoisotopic (exact) mass is 267 g/mol. The summed E-state index contributed by atoms with van der Waals surface area (Å²) in [6.45, 7) is 4.49. The third kappa shape index (κ3) is 6.64. The summed E-state index contributed by atoms with van der Waals surface area (Å²) in [5.41, 5.74) is 5.97. The second-order valence-electron chi connectivity index (χ2n) is 3.74. The van der Waals surface area contributed by atoms with Crippen molar-refractivity contribution >= 4 is 11.7 Å². The summed E-state index contributed by atoms with van der Waals surface area (Å²) in [4.78, 5) is 11.4. The fourth-order valence-electron chi connectivity index (χ4n) is 1.39. The van der Waals surface area contributed by atoms with Crippen molar-refractivity contribution in [2.75, 3.05) is 38.2 Å². The Morgan fingerprint density at radius 1 is 1.37 bits per heavy atom. The molecule has 0 aliphatic carbocycles. The molecule has 0 aliphatic heterocycles. The van der Waals surface area contributed by atoms with E-state index in [4.69, 9.17) is 15.2 Å².